The second-order valence-electron chi connectivity index (χ2n) is 5.16. The first-order valence-electron chi connectivity index (χ1n) is 6.90. The molecule has 0 saturated carbocycles. The monoisotopic (exact) mass is 262 g/mol. The SMILES string of the molecule is CC(CN)CC(=O)Nc1cccnc1N1CCCC1. The van der Waals surface area contributed by atoms with E-state index in [1.165, 1.54) is 12.8 Å². The molecule has 19 heavy (non-hydrogen) atoms. The average Bonchev–Trinajstić information content (AvgIpc) is 2.93. The van der Waals surface area contributed by atoms with Crippen molar-refractivity contribution in [2.24, 2.45) is 11.7 Å². The van der Waals surface area contributed by atoms with Crippen molar-refractivity contribution in [3.63, 3.8) is 0 Å². The van der Waals surface area contributed by atoms with Crippen molar-refractivity contribution >= 4 is 17.4 Å². The molecule has 5 nitrogen and oxygen atoms in total. The molecule has 1 aliphatic heterocycles. The van der Waals surface area contributed by atoms with Gasteiger partial charge in [-0.3, -0.25) is 4.79 Å². The Bertz CT molecular complexity index is 429. The maximum absolute atomic E-state index is 11.9. The molecule has 0 radical (unpaired) electrons. The smallest absolute Gasteiger partial charge is 0.224 e. The van der Waals surface area contributed by atoms with Crippen LogP contribution in [0.3, 0.4) is 0 Å². The molecule has 1 aromatic heterocycles. The van der Waals surface area contributed by atoms with E-state index in [2.05, 4.69) is 15.2 Å². The number of hydrogen-bond donors (Lipinski definition) is 2. The number of carbonyl (C=O) groups is 1. The molecular weight excluding hydrogens is 240 g/mol. The number of aromatic nitrogens is 1. The number of anilines is 2. The summed E-state index contributed by atoms with van der Waals surface area (Å²) in [6, 6.07) is 3.76. The Hall–Kier alpha value is -1.62. The Labute approximate surface area is 114 Å². The molecule has 1 aliphatic rings. The van der Waals surface area contributed by atoms with E-state index in [1.807, 2.05) is 19.1 Å². The first-order valence-corrected chi connectivity index (χ1v) is 6.90. The lowest BCUT2D eigenvalue weighted by molar-refractivity contribution is -0.116. The van der Waals surface area contributed by atoms with Gasteiger partial charge in [0, 0.05) is 25.7 Å². The van der Waals surface area contributed by atoms with Crippen molar-refractivity contribution in [2.45, 2.75) is 26.2 Å². The molecule has 1 unspecified atom stereocenters. The van der Waals surface area contributed by atoms with Crippen molar-refractivity contribution < 1.29 is 4.79 Å². The lowest BCUT2D eigenvalue weighted by Gasteiger charge is -2.20. The third-order valence-electron chi connectivity index (χ3n) is 3.40. The van der Waals surface area contributed by atoms with E-state index in [0.29, 0.717) is 13.0 Å². The van der Waals surface area contributed by atoms with Gasteiger partial charge in [-0.2, -0.15) is 0 Å². The molecule has 2 heterocycles. The molecule has 0 aromatic carbocycles. The Morgan fingerprint density at radius 3 is 2.95 bits per heavy atom. The van der Waals surface area contributed by atoms with Gasteiger partial charge < -0.3 is 16.0 Å². The third-order valence-corrected chi connectivity index (χ3v) is 3.40. The number of amides is 1. The summed E-state index contributed by atoms with van der Waals surface area (Å²) in [5.41, 5.74) is 6.35. The molecule has 1 fully saturated rings. The topological polar surface area (TPSA) is 71.2 Å². The van der Waals surface area contributed by atoms with Crippen LogP contribution >= 0.6 is 0 Å². The van der Waals surface area contributed by atoms with Crippen LogP contribution in [0.4, 0.5) is 11.5 Å². The minimum Gasteiger partial charge on any atom is -0.355 e. The zero-order valence-electron chi connectivity index (χ0n) is 11.4. The van der Waals surface area contributed by atoms with Crippen LogP contribution in [0.2, 0.25) is 0 Å². The van der Waals surface area contributed by atoms with Gasteiger partial charge in [0.25, 0.3) is 0 Å². The molecule has 0 spiro atoms. The highest BCUT2D eigenvalue weighted by Gasteiger charge is 2.18. The summed E-state index contributed by atoms with van der Waals surface area (Å²) in [4.78, 5) is 18.6. The van der Waals surface area contributed by atoms with Crippen LogP contribution in [0.15, 0.2) is 18.3 Å². The molecule has 2 rings (SSSR count). The molecular formula is C14H22N4O. The summed E-state index contributed by atoms with van der Waals surface area (Å²) in [7, 11) is 0. The van der Waals surface area contributed by atoms with Crippen LogP contribution in [0.25, 0.3) is 0 Å². The van der Waals surface area contributed by atoms with Crippen LogP contribution in [0.1, 0.15) is 26.2 Å². The van der Waals surface area contributed by atoms with E-state index in [4.69, 9.17) is 5.73 Å². The fourth-order valence-electron chi connectivity index (χ4n) is 2.28. The molecule has 1 amide bonds. The van der Waals surface area contributed by atoms with E-state index < -0.39 is 0 Å². The lowest BCUT2D eigenvalue weighted by Crippen LogP contribution is -2.24. The maximum Gasteiger partial charge on any atom is 0.224 e. The Kier molecular flexibility index (Phi) is 4.74. The molecule has 5 heteroatoms. The van der Waals surface area contributed by atoms with E-state index in [9.17, 15) is 4.79 Å². The average molecular weight is 262 g/mol. The maximum atomic E-state index is 11.9. The zero-order valence-corrected chi connectivity index (χ0v) is 11.4. The van der Waals surface area contributed by atoms with E-state index in [0.717, 1.165) is 24.6 Å². The highest BCUT2D eigenvalue weighted by atomic mass is 16.1. The predicted molar refractivity (Wildman–Crippen MR) is 77.1 cm³/mol. The quantitative estimate of drug-likeness (QED) is 0.845. The molecule has 0 bridgehead atoms. The fourth-order valence-corrected chi connectivity index (χ4v) is 2.28. The standard InChI is InChI=1S/C14H22N4O/c1-11(10-15)9-13(19)17-12-5-4-6-16-14(12)18-7-2-3-8-18/h4-6,11H,2-3,7-10,15H2,1H3,(H,17,19). The molecule has 1 saturated heterocycles. The van der Waals surface area contributed by atoms with Gasteiger partial charge in [-0.25, -0.2) is 4.98 Å². The van der Waals surface area contributed by atoms with Gasteiger partial charge in [-0.1, -0.05) is 6.92 Å². The van der Waals surface area contributed by atoms with Gasteiger partial charge in [0.2, 0.25) is 5.91 Å². The highest BCUT2D eigenvalue weighted by Crippen LogP contribution is 2.26. The van der Waals surface area contributed by atoms with Gasteiger partial charge in [0.15, 0.2) is 5.82 Å². The van der Waals surface area contributed by atoms with Crippen molar-refractivity contribution in [3.8, 4) is 0 Å². The molecule has 3 N–H and O–H groups in total. The third kappa shape index (κ3) is 3.67. The van der Waals surface area contributed by atoms with Crippen molar-refractivity contribution in [1.29, 1.82) is 0 Å². The van der Waals surface area contributed by atoms with Gasteiger partial charge in [0.05, 0.1) is 5.69 Å². The van der Waals surface area contributed by atoms with E-state index >= 15 is 0 Å². The van der Waals surface area contributed by atoms with Gasteiger partial charge in [0.1, 0.15) is 0 Å². The summed E-state index contributed by atoms with van der Waals surface area (Å²) in [6.45, 7) is 4.53. The molecule has 1 atom stereocenters. The number of nitrogens with one attached hydrogen (secondary N) is 1. The minimum atomic E-state index is 0.00592. The highest BCUT2D eigenvalue weighted by molar-refractivity contribution is 5.93. The van der Waals surface area contributed by atoms with Gasteiger partial charge in [-0.05, 0) is 37.4 Å². The second-order valence-corrected chi connectivity index (χ2v) is 5.16. The fraction of sp³-hybridized carbons (Fsp3) is 0.571. The Morgan fingerprint density at radius 2 is 2.26 bits per heavy atom. The summed E-state index contributed by atoms with van der Waals surface area (Å²) in [5.74, 6) is 1.09. The van der Waals surface area contributed by atoms with Crippen LogP contribution in [0.5, 0.6) is 0 Å². The van der Waals surface area contributed by atoms with Crippen LogP contribution in [-0.2, 0) is 4.79 Å². The van der Waals surface area contributed by atoms with Crippen LogP contribution in [-0.4, -0.2) is 30.5 Å². The Balaban J connectivity index is 2.05. The summed E-state index contributed by atoms with van der Waals surface area (Å²) in [5, 5.41) is 2.95. The number of rotatable bonds is 5. The number of hydrogen-bond acceptors (Lipinski definition) is 4. The zero-order chi connectivity index (χ0) is 13.7. The summed E-state index contributed by atoms with van der Waals surface area (Å²) in [6.07, 6.45) is 4.60. The molecule has 1 aromatic rings. The number of carbonyl (C=O) groups excluding carboxylic acids is 1. The van der Waals surface area contributed by atoms with Crippen molar-refractivity contribution in [3.05, 3.63) is 18.3 Å². The lowest BCUT2D eigenvalue weighted by atomic mass is 10.1. The first kappa shape index (κ1) is 13.8. The van der Waals surface area contributed by atoms with Crippen LogP contribution in [0, 0.1) is 5.92 Å². The number of nitrogens with zero attached hydrogens (tertiary/aromatic N) is 2. The van der Waals surface area contributed by atoms with E-state index in [1.54, 1.807) is 6.20 Å². The van der Waals surface area contributed by atoms with E-state index in [-0.39, 0.29) is 11.8 Å². The first-order chi connectivity index (χ1) is 9.20. The normalized spacial score (nSPS) is 16.4. The Morgan fingerprint density at radius 1 is 1.53 bits per heavy atom. The molecule has 0 aliphatic carbocycles. The van der Waals surface area contributed by atoms with Crippen molar-refractivity contribution in [2.75, 3.05) is 29.9 Å². The minimum absolute atomic E-state index is 0.00592. The molecule has 104 valence electrons. The largest absolute Gasteiger partial charge is 0.355 e. The predicted octanol–water partition coefficient (Wildman–Crippen LogP) is 1.61. The summed E-state index contributed by atoms with van der Waals surface area (Å²) < 4.78 is 0. The van der Waals surface area contributed by atoms with Crippen LogP contribution < -0.4 is 16.0 Å². The summed E-state index contributed by atoms with van der Waals surface area (Å²) >= 11 is 0. The van der Waals surface area contributed by atoms with Crippen molar-refractivity contribution in [1.82, 2.24) is 4.98 Å². The number of nitrogens with two attached hydrogens (primary N) is 1. The van der Waals surface area contributed by atoms with Gasteiger partial charge >= 0.3 is 0 Å². The van der Waals surface area contributed by atoms with Gasteiger partial charge in [-0.15, -0.1) is 0 Å². The second kappa shape index (κ2) is 6.52. The number of pyridine rings is 1.